The van der Waals surface area contributed by atoms with Gasteiger partial charge in [-0.3, -0.25) is 9.59 Å². The fourth-order valence-corrected chi connectivity index (χ4v) is 6.68. The zero-order valence-corrected chi connectivity index (χ0v) is 19.3. The van der Waals surface area contributed by atoms with E-state index in [1.807, 2.05) is 4.90 Å². The van der Waals surface area contributed by atoms with Crippen LogP contribution in [0.25, 0.3) is 0 Å². The number of amides is 2. The molecule has 5 fully saturated rings. The fraction of sp³-hybridized carbons (Fsp3) is 0.750. The monoisotopic (exact) mass is 440 g/mol. The molecule has 2 N–H and O–H groups in total. The van der Waals surface area contributed by atoms with E-state index in [1.54, 1.807) is 13.1 Å². The van der Waals surface area contributed by atoms with Gasteiger partial charge in [0.05, 0.1) is 0 Å². The molecule has 32 heavy (non-hydrogen) atoms. The van der Waals surface area contributed by atoms with E-state index in [1.165, 1.54) is 32.1 Å². The third-order valence-corrected chi connectivity index (χ3v) is 8.10. The van der Waals surface area contributed by atoms with Crippen LogP contribution < -0.4 is 15.5 Å². The summed E-state index contributed by atoms with van der Waals surface area (Å²) >= 11 is 0. The Hall–Kier alpha value is -2.38. The normalized spacial score (nSPS) is 31.0. The first-order chi connectivity index (χ1) is 15.5. The number of carbonyl (C=O) groups is 2. The van der Waals surface area contributed by atoms with Gasteiger partial charge < -0.3 is 20.4 Å². The van der Waals surface area contributed by atoms with Crippen LogP contribution in [0.2, 0.25) is 0 Å². The molecule has 5 aliphatic rings. The lowest BCUT2D eigenvalue weighted by Crippen LogP contribution is -2.55. The molecule has 1 aromatic heterocycles. The average Bonchev–Trinajstić information content (AvgIpc) is 2.79. The molecular weight excluding hydrogens is 404 g/mol. The Kier molecular flexibility index (Phi) is 5.95. The summed E-state index contributed by atoms with van der Waals surface area (Å²) in [6.07, 6.45) is 9.16. The minimum Gasteiger partial charge on any atom is -0.369 e. The molecule has 8 heteroatoms. The summed E-state index contributed by atoms with van der Waals surface area (Å²) in [6.45, 7) is 7.21. The zero-order chi connectivity index (χ0) is 22.2. The largest absolute Gasteiger partial charge is 0.369 e. The molecule has 0 spiro atoms. The van der Waals surface area contributed by atoms with Crippen molar-refractivity contribution in [3.8, 4) is 0 Å². The molecule has 2 amide bonds. The maximum absolute atomic E-state index is 13.3. The lowest BCUT2D eigenvalue weighted by atomic mass is 9.54. The van der Waals surface area contributed by atoms with Crippen molar-refractivity contribution in [3.63, 3.8) is 0 Å². The highest BCUT2D eigenvalue weighted by molar-refractivity contribution is 5.98. The van der Waals surface area contributed by atoms with Gasteiger partial charge in [-0.05, 0) is 62.2 Å². The first kappa shape index (κ1) is 21.5. The van der Waals surface area contributed by atoms with Gasteiger partial charge >= 0.3 is 0 Å². The molecule has 174 valence electrons. The van der Waals surface area contributed by atoms with Crippen molar-refractivity contribution in [2.75, 3.05) is 42.9 Å². The standard InChI is InChI=1S/C24H36N6O2/c1-3-4-25-22-20(14-26-24(28-22)30-7-5-29(6-8-30)15(2)31)23(32)27-21-18-10-16-9-17(12-18)13-19(21)11-16/h14,16-19,21H,3-13H2,1-2H3,(H,27,32)(H,25,26,28). The summed E-state index contributed by atoms with van der Waals surface area (Å²) in [7, 11) is 0. The number of nitrogens with one attached hydrogen (secondary N) is 2. The molecule has 1 saturated heterocycles. The number of aromatic nitrogens is 2. The van der Waals surface area contributed by atoms with Gasteiger partial charge in [0.15, 0.2) is 0 Å². The summed E-state index contributed by atoms with van der Waals surface area (Å²) in [5.41, 5.74) is 0.540. The van der Waals surface area contributed by atoms with E-state index in [4.69, 9.17) is 4.98 Å². The van der Waals surface area contributed by atoms with Crippen LogP contribution in [0.4, 0.5) is 11.8 Å². The topological polar surface area (TPSA) is 90.5 Å². The summed E-state index contributed by atoms with van der Waals surface area (Å²) in [6, 6.07) is 0.300. The van der Waals surface area contributed by atoms with Gasteiger partial charge in [-0.1, -0.05) is 6.92 Å². The molecule has 2 heterocycles. The SMILES string of the molecule is CCCNc1nc(N2CCN(C(C)=O)CC2)ncc1C(=O)NC1C2CC3CC(C2)CC1C3. The smallest absolute Gasteiger partial charge is 0.256 e. The number of hydrogen-bond donors (Lipinski definition) is 2. The van der Waals surface area contributed by atoms with Crippen molar-refractivity contribution < 1.29 is 9.59 Å². The molecule has 1 aromatic rings. The van der Waals surface area contributed by atoms with Gasteiger partial charge in [0.1, 0.15) is 11.4 Å². The van der Waals surface area contributed by atoms with Crippen LogP contribution in [0.5, 0.6) is 0 Å². The first-order valence-electron chi connectivity index (χ1n) is 12.4. The van der Waals surface area contributed by atoms with Gasteiger partial charge in [0.2, 0.25) is 11.9 Å². The van der Waals surface area contributed by atoms with Crippen molar-refractivity contribution in [1.29, 1.82) is 0 Å². The molecule has 0 radical (unpaired) electrons. The van der Waals surface area contributed by atoms with Gasteiger partial charge in [-0.25, -0.2) is 4.98 Å². The minimum absolute atomic E-state index is 0.0472. The Morgan fingerprint density at radius 2 is 1.69 bits per heavy atom. The van der Waals surface area contributed by atoms with E-state index >= 15 is 0 Å². The second-order valence-electron chi connectivity index (χ2n) is 10.3. The van der Waals surface area contributed by atoms with E-state index < -0.39 is 0 Å². The predicted molar refractivity (Wildman–Crippen MR) is 124 cm³/mol. The summed E-state index contributed by atoms with van der Waals surface area (Å²) in [5, 5.41) is 6.74. The van der Waals surface area contributed by atoms with E-state index in [-0.39, 0.29) is 11.8 Å². The quantitative estimate of drug-likeness (QED) is 0.707. The van der Waals surface area contributed by atoms with Crippen LogP contribution >= 0.6 is 0 Å². The van der Waals surface area contributed by atoms with Gasteiger partial charge in [0.25, 0.3) is 5.91 Å². The number of carbonyl (C=O) groups excluding carboxylic acids is 2. The fourth-order valence-electron chi connectivity index (χ4n) is 6.68. The maximum atomic E-state index is 13.3. The summed E-state index contributed by atoms with van der Waals surface area (Å²) in [4.78, 5) is 38.2. The van der Waals surface area contributed by atoms with Crippen LogP contribution in [-0.4, -0.2) is 65.4 Å². The van der Waals surface area contributed by atoms with Crippen molar-refractivity contribution >= 4 is 23.6 Å². The lowest BCUT2D eigenvalue weighted by molar-refractivity contribution is -0.129. The van der Waals surface area contributed by atoms with Crippen LogP contribution in [0.1, 0.15) is 62.7 Å². The Morgan fingerprint density at radius 1 is 1.03 bits per heavy atom. The molecule has 4 saturated carbocycles. The second-order valence-corrected chi connectivity index (χ2v) is 10.3. The van der Waals surface area contributed by atoms with E-state index in [9.17, 15) is 9.59 Å². The molecular formula is C24H36N6O2. The predicted octanol–water partition coefficient (Wildman–Crippen LogP) is 2.52. The highest BCUT2D eigenvalue weighted by Crippen LogP contribution is 2.53. The molecule has 1 aliphatic heterocycles. The summed E-state index contributed by atoms with van der Waals surface area (Å²) < 4.78 is 0. The van der Waals surface area contributed by atoms with Gasteiger partial charge in [-0.15, -0.1) is 0 Å². The van der Waals surface area contributed by atoms with E-state index in [2.05, 4.69) is 27.4 Å². The Balaban J connectivity index is 1.30. The van der Waals surface area contributed by atoms with Crippen LogP contribution in [0, 0.1) is 23.7 Å². The Bertz CT molecular complexity index is 838. The molecule has 4 bridgehead atoms. The molecule has 0 aromatic carbocycles. The number of hydrogen-bond acceptors (Lipinski definition) is 6. The number of nitrogens with zero attached hydrogens (tertiary/aromatic N) is 4. The zero-order valence-electron chi connectivity index (χ0n) is 19.3. The van der Waals surface area contributed by atoms with Crippen LogP contribution in [0.15, 0.2) is 6.20 Å². The summed E-state index contributed by atoms with van der Waals surface area (Å²) in [5.74, 6) is 4.35. The third-order valence-electron chi connectivity index (χ3n) is 8.10. The maximum Gasteiger partial charge on any atom is 0.256 e. The molecule has 0 unspecified atom stereocenters. The first-order valence-corrected chi connectivity index (χ1v) is 12.4. The Labute approximate surface area is 190 Å². The van der Waals surface area contributed by atoms with Crippen molar-refractivity contribution in [1.82, 2.24) is 20.2 Å². The third kappa shape index (κ3) is 4.16. The highest BCUT2D eigenvalue weighted by Gasteiger charge is 2.48. The molecule has 0 atom stereocenters. The van der Waals surface area contributed by atoms with E-state index in [0.717, 1.165) is 24.8 Å². The number of anilines is 2. The lowest BCUT2D eigenvalue weighted by Gasteiger charge is -2.54. The second kappa shape index (κ2) is 8.87. The molecule has 4 aliphatic carbocycles. The van der Waals surface area contributed by atoms with Gasteiger partial charge in [0, 0.05) is 51.9 Å². The molecule has 8 nitrogen and oxygen atoms in total. The Morgan fingerprint density at radius 3 is 2.28 bits per heavy atom. The van der Waals surface area contributed by atoms with Crippen molar-refractivity contribution in [2.45, 2.75) is 58.4 Å². The highest BCUT2D eigenvalue weighted by atomic mass is 16.2. The average molecular weight is 441 g/mol. The number of piperazine rings is 1. The van der Waals surface area contributed by atoms with Crippen LogP contribution in [0.3, 0.4) is 0 Å². The van der Waals surface area contributed by atoms with Gasteiger partial charge in [-0.2, -0.15) is 4.98 Å². The van der Waals surface area contributed by atoms with Crippen LogP contribution in [-0.2, 0) is 4.79 Å². The van der Waals surface area contributed by atoms with E-state index in [0.29, 0.717) is 61.4 Å². The van der Waals surface area contributed by atoms with Crippen molar-refractivity contribution in [2.24, 2.45) is 23.7 Å². The molecule has 6 rings (SSSR count). The number of rotatable bonds is 6. The minimum atomic E-state index is -0.0472. The van der Waals surface area contributed by atoms with Crippen molar-refractivity contribution in [3.05, 3.63) is 11.8 Å².